The van der Waals surface area contributed by atoms with Crippen molar-refractivity contribution < 1.29 is 9.50 Å². The minimum atomic E-state index is -0.211. The second kappa shape index (κ2) is 8.37. The average Bonchev–Trinajstić information content (AvgIpc) is 3.52. The quantitative estimate of drug-likeness (QED) is 0.460. The van der Waals surface area contributed by atoms with E-state index in [0.717, 1.165) is 72.8 Å². The van der Waals surface area contributed by atoms with Crippen LogP contribution in [0, 0.1) is 5.82 Å². The Kier molecular flexibility index (Phi) is 6.05. The monoisotopic (exact) mass is 452 g/mol. The highest BCUT2D eigenvalue weighted by Gasteiger charge is 2.52. The van der Waals surface area contributed by atoms with Crippen molar-refractivity contribution in [1.29, 1.82) is 0 Å². The van der Waals surface area contributed by atoms with Crippen molar-refractivity contribution in [2.75, 3.05) is 0 Å². The van der Waals surface area contributed by atoms with Crippen LogP contribution in [0.3, 0.4) is 0 Å². The Morgan fingerprint density at radius 1 is 1.00 bits per heavy atom. The summed E-state index contributed by atoms with van der Waals surface area (Å²) in [6, 6.07) is 9.57. The van der Waals surface area contributed by atoms with Crippen molar-refractivity contribution in [3.8, 4) is 0 Å². The molecule has 2 fully saturated rings. The van der Waals surface area contributed by atoms with E-state index in [0.29, 0.717) is 21.9 Å². The molecule has 0 atom stereocenters. The third-order valence-electron chi connectivity index (χ3n) is 7.65. The van der Waals surface area contributed by atoms with Crippen LogP contribution in [0.4, 0.5) is 4.39 Å². The third-order valence-corrected chi connectivity index (χ3v) is 7.95. The highest BCUT2D eigenvalue weighted by Crippen LogP contribution is 2.60. The van der Waals surface area contributed by atoms with Crippen molar-refractivity contribution in [3.05, 3.63) is 81.1 Å². The van der Waals surface area contributed by atoms with E-state index in [9.17, 15) is 5.11 Å². The average molecular weight is 453 g/mol. The fourth-order valence-corrected chi connectivity index (χ4v) is 5.53. The Balaban J connectivity index is 0.00000119. The summed E-state index contributed by atoms with van der Waals surface area (Å²) < 4.78 is 16.0. The molecular weight excluding hydrogens is 419 g/mol. The normalized spacial score (nSPS) is 19.4. The fraction of sp³-hybridized carbons (Fsp3) is 0.448. The summed E-state index contributed by atoms with van der Waals surface area (Å²) >= 11 is 6.66. The second-order valence-corrected chi connectivity index (χ2v) is 10.4. The number of fused-ring (bicyclic) bond motifs is 2. The predicted octanol–water partition coefficient (Wildman–Crippen LogP) is 9.12. The maximum atomic E-state index is 16.0. The largest absolute Gasteiger partial charge is 0.507 e. The number of aliphatic hydroxyl groups excluding tert-OH is 1. The van der Waals surface area contributed by atoms with Gasteiger partial charge < -0.3 is 5.11 Å². The van der Waals surface area contributed by atoms with Gasteiger partial charge in [-0.25, -0.2) is 4.39 Å². The highest BCUT2D eigenvalue weighted by molar-refractivity contribution is 6.32. The molecule has 5 rings (SSSR count). The van der Waals surface area contributed by atoms with Gasteiger partial charge in [-0.15, -0.1) is 0 Å². The van der Waals surface area contributed by atoms with Gasteiger partial charge in [0, 0.05) is 11.1 Å². The Morgan fingerprint density at radius 2 is 1.56 bits per heavy atom. The lowest BCUT2D eigenvalue weighted by Gasteiger charge is -2.38. The van der Waals surface area contributed by atoms with Gasteiger partial charge >= 0.3 is 0 Å². The lowest BCUT2D eigenvalue weighted by atomic mass is 9.66. The molecule has 0 saturated heterocycles. The number of allylic oxidation sites excluding steroid dienone is 1. The number of halogens is 2. The maximum Gasteiger partial charge on any atom is 0.136 e. The minimum Gasteiger partial charge on any atom is -0.507 e. The van der Waals surface area contributed by atoms with Crippen molar-refractivity contribution in [2.45, 2.75) is 83.5 Å². The van der Waals surface area contributed by atoms with Gasteiger partial charge in [0.1, 0.15) is 11.6 Å². The first kappa shape index (κ1) is 23.1. The first-order valence-corrected chi connectivity index (χ1v) is 12.4. The van der Waals surface area contributed by atoms with Crippen LogP contribution in [0.1, 0.15) is 100 Å². The highest BCUT2D eigenvalue weighted by atomic mass is 35.5. The van der Waals surface area contributed by atoms with E-state index in [1.807, 2.05) is 44.2 Å². The van der Waals surface area contributed by atoms with Crippen LogP contribution in [-0.4, -0.2) is 5.11 Å². The Morgan fingerprint density at radius 3 is 2.09 bits per heavy atom. The van der Waals surface area contributed by atoms with Gasteiger partial charge in [0.2, 0.25) is 0 Å². The van der Waals surface area contributed by atoms with Crippen LogP contribution < -0.4 is 0 Å². The smallest absolute Gasteiger partial charge is 0.136 e. The Labute approximate surface area is 197 Å². The van der Waals surface area contributed by atoms with Crippen molar-refractivity contribution >= 4 is 22.9 Å². The van der Waals surface area contributed by atoms with Gasteiger partial charge in [-0.3, -0.25) is 0 Å². The maximum absolute atomic E-state index is 16.0. The summed E-state index contributed by atoms with van der Waals surface area (Å²) in [5.74, 6) is 0.176. The Bertz CT molecular complexity index is 1080. The zero-order valence-electron chi connectivity index (χ0n) is 19.7. The van der Waals surface area contributed by atoms with Crippen molar-refractivity contribution in [3.63, 3.8) is 0 Å². The molecule has 1 nitrogen and oxygen atoms in total. The van der Waals surface area contributed by atoms with Gasteiger partial charge in [-0.1, -0.05) is 70.1 Å². The summed E-state index contributed by atoms with van der Waals surface area (Å²) in [4.78, 5) is 0. The molecule has 3 aliphatic carbocycles. The third kappa shape index (κ3) is 3.71. The SMILES string of the molecule is C=C(c1ccc(C(O)=C2CCC2)cc1)c1c(Cl)cc2c(c1F)C(C)(C)CCC21CC1.CC. The van der Waals surface area contributed by atoms with Crippen LogP contribution in [0.2, 0.25) is 5.02 Å². The molecule has 2 saturated carbocycles. The van der Waals surface area contributed by atoms with E-state index < -0.39 is 0 Å². The molecule has 0 unspecified atom stereocenters. The molecule has 0 heterocycles. The Hall–Kier alpha value is -2.06. The molecule has 0 amide bonds. The zero-order chi connectivity index (χ0) is 23.3. The van der Waals surface area contributed by atoms with Gasteiger partial charge in [-0.2, -0.15) is 0 Å². The molecule has 3 heteroatoms. The molecular formula is C29H34ClFO. The second-order valence-electron chi connectivity index (χ2n) is 10.00. The van der Waals surface area contributed by atoms with Crippen LogP contribution >= 0.6 is 11.6 Å². The van der Waals surface area contributed by atoms with Gasteiger partial charge in [0.25, 0.3) is 0 Å². The van der Waals surface area contributed by atoms with Crippen LogP contribution in [0.15, 0.2) is 42.5 Å². The van der Waals surface area contributed by atoms with E-state index in [1.165, 1.54) is 0 Å². The number of rotatable bonds is 3. The standard InChI is InChI=1S/C27H28ClFO.C2H6/c1-16(17-7-9-19(10-8-17)25(30)18-5-4-6-18)22-21(28)15-20-23(24(22)29)26(2,3)11-12-27(20)13-14-27;1-2/h7-10,15,30H,1,4-6,11-14H2,2-3H3;1-2H3. The molecule has 3 aliphatic rings. The van der Waals surface area contributed by atoms with E-state index in [4.69, 9.17) is 11.6 Å². The predicted molar refractivity (Wildman–Crippen MR) is 134 cm³/mol. The van der Waals surface area contributed by atoms with E-state index in [-0.39, 0.29) is 16.6 Å². The summed E-state index contributed by atoms with van der Waals surface area (Å²) in [5.41, 5.74) is 5.61. The number of hydrogen-bond acceptors (Lipinski definition) is 1. The molecule has 0 radical (unpaired) electrons. The molecule has 32 heavy (non-hydrogen) atoms. The molecule has 0 aliphatic heterocycles. The van der Waals surface area contributed by atoms with E-state index >= 15 is 4.39 Å². The summed E-state index contributed by atoms with van der Waals surface area (Å²) in [7, 11) is 0. The van der Waals surface area contributed by atoms with Crippen LogP contribution in [0.5, 0.6) is 0 Å². The lowest BCUT2D eigenvalue weighted by molar-refractivity contribution is 0.364. The van der Waals surface area contributed by atoms with Crippen LogP contribution in [-0.2, 0) is 10.8 Å². The summed E-state index contributed by atoms with van der Waals surface area (Å²) in [6.45, 7) is 12.5. The van der Waals surface area contributed by atoms with Gasteiger partial charge in [-0.05, 0) is 89.7 Å². The lowest BCUT2D eigenvalue weighted by Crippen LogP contribution is -2.31. The van der Waals surface area contributed by atoms with Gasteiger partial charge in [0.15, 0.2) is 0 Å². The molecule has 1 spiro atoms. The van der Waals surface area contributed by atoms with E-state index in [1.54, 1.807) is 0 Å². The fourth-order valence-electron chi connectivity index (χ4n) is 5.23. The topological polar surface area (TPSA) is 20.2 Å². The zero-order valence-corrected chi connectivity index (χ0v) is 20.5. The van der Waals surface area contributed by atoms with Crippen molar-refractivity contribution in [2.24, 2.45) is 0 Å². The molecule has 170 valence electrons. The molecule has 1 N–H and O–H groups in total. The first-order chi connectivity index (χ1) is 15.2. The van der Waals surface area contributed by atoms with E-state index in [2.05, 4.69) is 20.4 Å². The molecule has 0 aromatic heterocycles. The van der Waals surface area contributed by atoms with Gasteiger partial charge in [0.05, 0.1) is 5.02 Å². The molecule has 2 aromatic carbocycles. The number of aliphatic hydroxyl groups is 1. The number of hydrogen-bond donors (Lipinski definition) is 1. The summed E-state index contributed by atoms with van der Waals surface area (Å²) in [5, 5.41) is 10.8. The van der Waals surface area contributed by atoms with Crippen LogP contribution in [0.25, 0.3) is 11.3 Å². The first-order valence-electron chi connectivity index (χ1n) is 12.0. The summed E-state index contributed by atoms with van der Waals surface area (Å²) in [6.07, 6.45) is 7.44. The molecule has 0 bridgehead atoms. The number of benzene rings is 2. The molecule has 2 aromatic rings. The minimum absolute atomic E-state index is 0.142. The van der Waals surface area contributed by atoms with Crippen molar-refractivity contribution in [1.82, 2.24) is 0 Å².